The van der Waals surface area contributed by atoms with E-state index in [4.69, 9.17) is 5.73 Å². The van der Waals surface area contributed by atoms with Crippen LogP contribution in [0.2, 0.25) is 0 Å². The van der Waals surface area contributed by atoms with Gasteiger partial charge in [0.2, 0.25) is 0 Å². The Morgan fingerprint density at radius 1 is 1.14 bits per heavy atom. The highest BCUT2D eigenvalue weighted by molar-refractivity contribution is 4.67. The zero-order valence-electron chi connectivity index (χ0n) is 10.4. The quantitative estimate of drug-likeness (QED) is 0.652. The standard InChI is InChI=1S/C12H28N2/c1-5-11(4)14(7-3)9-8-12(6-2)10-13/h11-12H,5-10,13H2,1-4H3. The minimum atomic E-state index is 0.716. The fourth-order valence-corrected chi connectivity index (χ4v) is 1.79. The van der Waals surface area contributed by atoms with Crippen LogP contribution >= 0.6 is 0 Å². The summed E-state index contributed by atoms with van der Waals surface area (Å²) in [5, 5.41) is 0. The molecule has 14 heavy (non-hydrogen) atoms. The van der Waals surface area contributed by atoms with E-state index in [0.29, 0.717) is 5.92 Å². The summed E-state index contributed by atoms with van der Waals surface area (Å²) in [6.07, 6.45) is 3.72. The van der Waals surface area contributed by atoms with E-state index in [1.165, 1.54) is 25.8 Å². The Kier molecular flexibility index (Phi) is 8.20. The minimum absolute atomic E-state index is 0.716. The van der Waals surface area contributed by atoms with Crippen LogP contribution in [0.4, 0.5) is 0 Å². The van der Waals surface area contributed by atoms with Gasteiger partial charge in [0.15, 0.2) is 0 Å². The number of hydrogen-bond donors (Lipinski definition) is 1. The van der Waals surface area contributed by atoms with Gasteiger partial charge in [0.25, 0.3) is 0 Å². The molecule has 0 spiro atoms. The predicted octanol–water partition coefficient (Wildman–Crippen LogP) is 2.48. The van der Waals surface area contributed by atoms with E-state index in [2.05, 4.69) is 32.6 Å². The maximum absolute atomic E-state index is 5.70. The molecule has 0 heterocycles. The van der Waals surface area contributed by atoms with Crippen LogP contribution in [0, 0.1) is 5.92 Å². The van der Waals surface area contributed by atoms with E-state index in [0.717, 1.165) is 19.1 Å². The molecule has 2 heteroatoms. The second-order valence-electron chi connectivity index (χ2n) is 4.18. The third-order valence-electron chi connectivity index (χ3n) is 3.36. The molecule has 86 valence electrons. The molecule has 2 nitrogen and oxygen atoms in total. The van der Waals surface area contributed by atoms with Crippen LogP contribution in [0.1, 0.15) is 47.0 Å². The van der Waals surface area contributed by atoms with E-state index >= 15 is 0 Å². The Morgan fingerprint density at radius 3 is 2.14 bits per heavy atom. The smallest absolute Gasteiger partial charge is 0.00641 e. The molecule has 0 radical (unpaired) electrons. The zero-order chi connectivity index (χ0) is 11.0. The normalized spacial score (nSPS) is 15.9. The first kappa shape index (κ1) is 13.9. The van der Waals surface area contributed by atoms with Crippen molar-refractivity contribution >= 4 is 0 Å². The van der Waals surface area contributed by atoms with Crippen molar-refractivity contribution in [2.45, 2.75) is 53.0 Å². The molecule has 0 amide bonds. The van der Waals surface area contributed by atoms with E-state index < -0.39 is 0 Å². The Balaban J connectivity index is 3.81. The molecule has 0 aliphatic heterocycles. The van der Waals surface area contributed by atoms with Crippen molar-refractivity contribution < 1.29 is 0 Å². The van der Waals surface area contributed by atoms with Crippen molar-refractivity contribution in [1.82, 2.24) is 4.90 Å². The van der Waals surface area contributed by atoms with Gasteiger partial charge in [0, 0.05) is 6.04 Å². The fourth-order valence-electron chi connectivity index (χ4n) is 1.79. The second-order valence-corrected chi connectivity index (χ2v) is 4.18. The molecule has 0 fully saturated rings. The maximum Gasteiger partial charge on any atom is 0.00641 e. The van der Waals surface area contributed by atoms with E-state index in [1.807, 2.05) is 0 Å². The topological polar surface area (TPSA) is 29.3 Å². The first-order valence-electron chi connectivity index (χ1n) is 6.13. The lowest BCUT2D eigenvalue weighted by molar-refractivity contribution is 0.199. The highest BCUT2D eigenvalue weighted by Gasteiger charge is 2.11. The van der Waals surface area contributed by atoms with Crippen LogP contribution < -0.4 is 5.73 Å². The largest absolute Gasteiger partial charge is 0.330 e. The van der Waals surface area contributed by atoms with Crippen LogP contribution in [0.3, 0.4) is 0 Å². The SMILES string of the molecule is CCC(CN)CCN(CC)C(C)CC. The summed E-state index contributed by atoms with van der Waals surface area (Å²) in [5.41, 5.74) is 5.70. The summed E-state index contributed by atoms with van der Waals surface area (Å²) in [4.78, 5) is 2.55. The molecule has 0 aliphatic rings. The summed E-state index contributed by atoms with van der Waals surface area (Å²) in [7, 11) is 0. The van der Waals surface area contributed by atoms with Crippen molar-refractivity contribution in [1.29, 1.82) is 0 Å². The summed E-state index contributed by atoms with van der Waals surface area (Å²) in [6.45, 7) is 12.3. The van der Waals surface area contributed by atoms with Gasteiger partial charge >= 0.3 is 0 Å². The van der Waals surface area contributed by atoms with Gasteiger partial charge in [-0.15, -0.1) is 0 Å². The minimum Gasteiger partial charge on any atom is -0.330 e. The average Bonchev–Trinajstić information content (AvgIpc) is 2.24. The molecule has 2 N–H and O–H groups in total. The summed E-state index contributed by atoms with van der Waals surface area (Å²) >= 11 is 0. The summed E-state index contributed by atoms with van der Waals surface area (Å²) in [6, 6.07) is 0.718. The van der Waals surface area contributed by atoms with Gasteiger partial charge in [0.05, 0.1) is 0 Å². The first-order chi connectivity index (χ1) is 6.69. The van der Waals surface area contributed by atoms with Gasteiger partial charge in [-0.05, 0) is 45.3 Å². The van der Waals surface area contributed by atoms with Crippen LogP contribution in [-0.2, 0) is 0 Å². The van der Waals surface area contributed by atoms with Crippen LogP contribution in [-0.4, -0.2) is 30.6 Å². The molecule has 0 saturated carbocycles. The monoisotopic (exact) mass is 200 g/mol. The molecule has 2 unspecified atom stereocenters. The number of nitrogens with two attached hydrogens (primary N) is 1. The molecule has 0 rings (SSSR count). The third-order valence-corrected chi connectivity index (χ3v) is 3.36. The Hall–Kier alpha value is -0.0800. The Bertz CT molecular complexity index is 121. The van der Waals surface area contributed by atoms with Gasteiger partial charge in [-0.3, -0.25) is 0 Å². The lowest BCUT2D eigenvalue weighted by Crippen LogP contribution is -2.34. The molecule has 0 aromatic rings. The highest BCUT2D eigenvalue weighted by atomic mass is 15.1. The van der Waals surface area contributed by atoms with Crippen molar-refractivity contribution in [3.05, 3.63) is 0 Å². The number of rotatable bonds is 8. The fraction of sp³-hybridized carbons (Fsp3) is 1.00. The molecular formula is C12H28N2. The van der Waals surface area contributed by atoms with Crippen molar-refractivity contribution in [2.75, 3.05) is 19.6 Å². The summed E-state index contributed by atoms with van der Waals surface area (Å²) < 4.78 is 0. The van der Waals surface area contributed by atoms with Gasteiger partial charge in [-0.1, -0.05) is 27.2 Å². The molecule has 0 bridgehead atoms. The molecule has 0 saturated heterocycles. The molecule has 0 aromatic heterocycles. The van der Waals surface area contributed by atoms with Gasteiger partial charge in [0.1, 0.15) is 0 Å². The van der Waals surface area contributed by atoms with Gasteiger partial charge in [-0.25, -0.2) is 0 Å². The van der Waals surface area contributed by atoms with E-state index in [9.17, 15) is 0 Å². The number of nitrogens with zero attached hydrogens (tertiary/aromatic N) is 1. The zero-order valence-corrected chi connectivity index (χ0v) is 10.4. The molecule has 0 aliphatic carbocycles. The molecule has 2 atom stereocenters. The molecular weight excluding hydrogens is 172 g/mol. The van der Waals surface area contributed by atoms with Crippen LogP contribution in [0.15, 0.2) is 0 Å². The lowest BCUT2D eigenvalue weighted by atomic mass is 10.0. The molecule has 0 aromatic carbocycles. The second kappa shape index (κ2) is 8.25. The van der Waals surface area contributed by atoms with Crippen molar-refractivity contribution in [3.8, 4) is 0 Å². The van der Waals surface area contributed by atoms with E-state index in [1.54, 1.807) is 0 Å². The third kappa shape index (κ3) is 4.97. The predicted molar refractivity (Wildman–Crippen MR) is 64.5 cm³/mol. The van der Waals surface area contributed by atoms with Crippen LogP contribution in [0.25, 0.3) is 0 Å². The maximum atomic E-state index is 5.70. The first-order valence-corrected chi connectivity index (χ1v) is 6.13. The van der Waals surface area contributed by atoms with Gasteiger partial charge in [-0.2, -0.15) is 0 Å². The highest BCUT2D eigenvalue weighted by Crippen LogP contribution is 2.10. The lowest BCUT2D eigenvalue weighted by Gasteiger charge is -2.28. The average molecular weight is 200 g/mol. The van der Waals surface area contributed by atoms with Gasteiger partial charge < -0.3 is 10.6 Å². The Morgan fingerprint density at radius 2 is 1.79 bits per heavy atom. The van der Waals surface area contributed by atoms with Crippen molar-refractivity contribution in [2.24, 2.45) is 11.7 Å². The van der Waals surface area contributed by atoms with Crippen LogP contribution in [0.5, 0.6) is 0 Å². The Labute approximate surface area is 89.9 Å². The van der Waals surface area contributed by atoms with Crippen molar-refractivity contribution in [3.63, 3.8) is 0 Å². The number of hydrogen-bond acceptors (Lipinski definition) is 2. The van der Waals surface area contributed by atoms with E-state index in [-0.39, 0.29) is 0 Å². The summed E-state index contributed by atoms with van der Waals surface area (Å²) in [5.74, 6) is 0.716.